The fourth-order valence-corrected chi connectivity index (χ4v) is 1.94. The van der Waals surface area contributed by atoms with Crippen molar-refractivity contribution in [3.63, 3.8) is 0 Å². The van der Waals surface area contributed by atoms with Crippen molar-refractivity contribution in [1.82, 2.24) is 9.78 Å². The minimum atomic E-state index is -1.54. The van der Waals surface area contributed by atoms with Crippen molar-refractivity contribution in [1.29, 1.82) is 0 Å². The maximum Gasteiger partial charge on any atom is 0.194 e. The quantitative estimate of drug-likeness (QED) is 0.621. The van der Waals surface area contributed by atoms with Crippen LogP contribution in [-0.2, 0) is 6.54 Å². The molecule has 0 aliphatic carbocycles. The second-order valence-corrected chi connectivity index (χ2v) is 5.25. The lowest BCUT2D eigenvalue weighted by atomic mass is 10.1. The van der Waals surface area contributed by atoms with Gasteiger partial charge in [0.25, 0.3) is 0 Å². The molecule has 2 aromatic rings. The van der Waals surface area contributed by atoms with Gasteiger partial charge in [-0.1, -0.05) is 13.8 Å². The van der Waals surface area contributed by atoms with Gasteiger partial charge >= 0.3 is 0 Å². The van der Waals surface area contributed by atoms with Gasteiger partial charge in [-0.15, -0.1) is 0 Å². The van der Waals surface area contributed by atoms with Gasteiger partial charge in [0, 0.05) is 18.3 Å². The first-order valence-corrected chi connectivity index (χ1v) is 6.60. The minimum absolute atomic E-state index is 0.0387. The van der Waals surface area contributed by atoms with E-state index in [4.69, 9.17) is 0 Å². The molecule has 0 radical (unpaired) electrons. The maximum atomic E-state index is 13.3. The molecular formula is C15H15F3N2O. The van der Waals surface area contributed by atoms with Crippen LogP contribution < -0.4 is 0 Å². The number of carbonyl (C=O) groups is 1. The van der Waals surface area contributed by atoms with E-state index in [1.807, 2.05) is 0 Å². The van der Waals surface area contributed by atoms with Gasteiger partial charge in [-0.05, 0) is 24.5 Å². The van der Waals surface area contributed by atoms with Crippen LogP contribution in [0, 0.1) is 23.4 Å². The molecule has 0 atom stereocenters. The Labute approximate surface area is 120 Å². The van der Waals surface area contributed by atoms with E-state index in [9.17, 15) is 18.0 Å². The van der Waals surface area contributed by atoms with Crippen molar-refractivity contribution in [2.24, 2.45) is 5.92 Å². The van der Waals surface area contributed by atoms with Gasteiger partial charge in [0.15, 0.2) is 23.7 Å². The van der Waals surface area contributed by atoms with E-state index < -0.39 is 17.5 Å². The predicted octanol–water partition coefficient (Wildman–Crippen LogP) is 3.83. The third kappa shape index (κ3) is 3.32. The summed E-state index contributed by atoms with van der Waals surface area (Å²) in [4.78, 5) is 11.1. The van der Waals surface area contributed by atoms with E-state index in [0.717, 1.165) is 18.6 Å². The van der Waals surface area contributed by atoms with Crippen LogP contribution in [0.2, 0.25) is 0 Å². The second kappa shape index (κ2) is 6.11. The zero-order valence-electron chi connectivity index (χ0n) is 11.7. The summed E-state index contributed by atoms with van der Waals surface area (Å²) < 4.78 is 41.1. The van der Waals surface area contributed by atoms with Crippen molar-refractivity contribution in [3.8, 4) is 11.3 Å². The molecular weight excluding hydrogens is 281 g/mol. The molecule has 0 saturated heterocycles. The first kappa shape index (κ1) is 15.3. The van der Waals surface area contributed by atoms with E-state index in [0.29, 0.717) is 18.7 Å². The minimum Gasteiger partial charge on any atom is -0.298 e. The number of hydrogen-bond acceptors (Lipinski definition) is 2. The number of benzene rings is 1. The van der Waals surface area contributed by atoms with Crippen LogP contribution in [0.25, 0.3) is 11.3 Å². The lowest BCUT2D eigenvalue weighted by molar-refractivity contribution is 0.112. The predicted molar refractivity (Wildman–Crippen MR) is 72.4 cm³/mol. The summed E-state index contributed by atoms with van der Waals surface area (Å²) in [5, 5.41) is 4.16. The molecule has 0 amide bonds. The Morgan fingerprint density at radius 2 is 1.86 bits per heavy atom. The molecule has 1 aromatic heterocycles. The van der Waals surface area contributed by atoms with E-state index in [2.05, 4.69) is 18.9 Å². The van der Waals surface area contributed by atoms with Crippen molar-refractivity contribution >= 4 is 6.29 Å². The topological polar surface area (TPSA) is 34.9 Å². The van der Waals surface area contributed by atoms with Gasteiger partial charge in [-0.25, -0.2) is 13.2 Å². The van der Waals surface area contributed by atoms with Gasteiger partial charge < -0.3 is 0 Å². The molecule has 6 heteroatoms. The van der Waals surface area contributed by atoms with Crippen LogP contribution in [0.3, 0.4) is 0 Å². The number of rotatable bonds is 5. The summed E-state index contributed by atoms with van der Waals surface area (Å²) >= 11 is 0. The van der Waals surface area contributed by atoms with Gasteiger partial charge in [-0.3, -0.25) is 9.48 Å². The summed E-state index contributed by atoms with van der Waals surface area (Å²) in [6.07, 6.45) is 2.93. The van der Waals surface area contributed by atoms with E-state index in [1.54, 1.807) is 4.68 Å². The average molecular weight is 296 g/mol. The third-order valence-corrected chi connectivity index (χ3v) is 3.11. The monoisotopic (exact) mass is 296 g/mol. The van der Waals surface area contributed by atoms with E-state index in [-0.39, 0.29) is 16.8 Å². The van der Waals surface area contributed by atoms with Crippen LogP contribution in [0.5, 0.6) is 0 Å². The molecule has 0 spiro atoms. The smallest absolute Gasteiger partial charge is 0.194 e. The van der Waals surface area contributed by atoms with Gasteiger partial charge in [0.2, 0.25) is 0 Å². The van der Waals surface area contributed by atoms with Crippen LogP contribution >= 0.6 is 0 Å². The average Bonchev–Trinajstić information content (AvgIpc) is 2.85. The van der Waals surface area contributed by atoms with E-state index >= 15 is 0 Å². The van der Waals surface area contributed by atoms with E-state index in [1.165, 1.54) is 6.20 Å². The first-order chi connectivity index (χ1) is 9.92. The summed E-state index contributed by atoms with van der Waals surface area (Å²) in [5.74, 6) is -3.69. The number of nitrogens with zero attached hydrogens (tertiary/aromatic N) is 2. The molecule has 0 unspecified atom stereocenters. The van der Waals surface area contributed by atoms with Crippen LogP contribution in [0.1, 0.15) is 30.6 Å². The van der Waals surface area contributed by atoms with Gasteiger partial charge in [-0.2, -0.15) is 5.10 Å². The Balaban J connectivity index is 2.41. The fraction of sp³-hybridized carbons (Fsp3) is 0.333. The lowest BCUT2D eigenvalue weighted by Crippen LogP contribution is -2.02. The molecule has 0 bridgehead atoms. The number of aryl methyl sites for hydroxylation is 1. The molecule has 112 valence electrons. The molecule has 21 heavy (non-hydrogen) atoms. The Kier molecular flexibility index (Phi) is 4.45. The van der Waals surface area contributed by atoms with Crippen LogP contribution in [0.4, 0.5) is 13.2 Å². The van der Waals surface area contributed by atoms with Crippen molar-refractivity contribution in [2.75, 3.05) is 0 Å². The number of halogens is 3. The Morgan fingerprint density at radius 1 is 1.24 bits per heavy atom. The zero-order valence-corrected chi connectivity index (χ0v) is 11.7. The number of aldehydes is 1. The Hall–Kier alpha value is -2.11. The summed E-state index contributed by atoms with van der Waals surface area (Å²) in [5.41, 5.74) is 0.396. The molecule has 1 heterocycles. The van der Waals surface area contributed by atoms with Crippen LogP contribution in [0.15, 0.2) is 18.3 Å². The number of hydrogen-bond donors (Lipinski definition) is 0. The molecule has 0 N–H and O–H groups in total. The molecule has 2 rings (SSSR count). The van der Waals surface area contributed by atoms with Crippen molar-refractivity contribution in [3.05, 3.63) is 41.3 Å². The zero-order chi connectivity index (χ0) is 15.6. The van der Waals surface area contributed by atoms with Gasteiger partial charge in [0.05, 0.1) is 5.56 Å². The summed E-state index contributed by atoms with van der Waals surface area (Å²) in [6.45, 7) is 4.69. The lowest BCUT2D eigenvalue weighted by Gasteiger charge is -2.04. The largest absolute Gasteiger partial charge is 0.298 e. The number of carbonyl (C=O) groups excluding carboxylic acids is 1. The highest BCUT2D eigenvalue weighted by molar-refractivity contribution is 5.85. The fourth-order valence-electron chi connectivity index (χ4n) is 1.94. The third-order valence-electron chi connectivity index (χ3n) is 3.11. The highest BCUT2D eigenvalue weighted by atomic mass is 19.2. The second-order valence-electron chi connectivity index (χ2n) is 5.25. The maximum absolute atomic E-state index is 13.3. The highest BCUT2D eigenvalue weighted by Crippen LogP contribution is 2.25. The molecule has 1 aromatic carbocycles. The SMILES string of the molecule is CC(C)CCn1cc(C=O)c(-c2cc(F)c(F)c(F)c2)n1. The Morgan fingerprint density at radius 3 is 2.38 bits per heavy atom. The number of aromatic nitrogens is 2. The molecule has 0 saturated carbocycles. The standard InChI is InChI=1S/C15H15F3N2O/c1-9(2)3-4-20-7-11(8-21)15(19-20)10-5-12(16)14(18)13(17)6-10/h5-9H,3-4H2,1-2H3. The van der Waals surface area contributed by atoms with Crippen molar-refractivity contribution < 1.29 is 18.0 Å². The molecule has 0 aliphatic heterocycles. The Bertz CT molecular complexity index is 642. The molecule has 0 fully saturated rings. The normalized spacial score (nSPS) is 11.1. The summed E-state index contributed by atoms with van der Waals surface area (Å²) in [7, 11) is 0. The molecule has 3 nitrogen and oxygen atoms in total. The highest BCUT2D eigenvalue weighted by Gasteiger charge is 2.16. The first-order valence-electron chi connectivity index (χ1n) is 6.60. The van der Waals surface area contributed by atoms with Gasteiger partial charge in [0.1, 0.15) is 5.69 Å². The van der Waals surface area contributed by atoms with Crippen LogP contribution in [-0.4, -0.2) is 16.1 Å². The van der Waals surface area contributed by atoms with Crippen molar-refractivity contribution in [2.45, 2.75) is 26.8 Å². The molecule has 0 aliphatic rings. The summed E-state index contributed by atoms with van der Waals surface area (Å²) in [6, 6.07) is 1.67.